The minimum Gasteiger partial charge on any atom is -0.468 e. The average Bonchev–Trinajstić information content (AvgIpc) is 3.04. The molecule has 2 atom stereocenters. The van der Waals surface area contributed by atoms with E-state index in [4.69, 9.17) is 16.3 Å². The van der Waals surface area contributed by atoms with Crippen molar-refractivity contribution >= 4 is 17.6 Å². The van der Waals surface area contributed by atoms with Gasteiger partial charge in [-0.3, -0.25) is 4.79 Å². The first kappa shape index (κ1) is 11.4. The number of carbonyl (C=O) groups is 1. The Morgan fingerprint density at radius 2 is 2.25 bits per heavy atom. The summed E-state index contributed by atoms with van der Waals surface area (Å²) in [4.78, 5) is 11.7. The molecule has 1 N–H and O–H groups in total. The summed E-state index contributed by atoms with van der Waals surface area (Å²) in [7, 11) is 3.18. The third-order valence-electron chi connectivity index (χ3n) is 3.24. The lowest BCUT2D eigenvalue weighted by molar-refractivity contribution is -0.144. The number of hydrogen-bond acceptors (Lipinski definition) is 3. The van der Waals surface area contributed by atoms with Crippen LogP contribution in [-0.4, -0.2) is 25.7 Å². The van der Waals surface area contributed by atoms with Gasteiger partial charge in [0.05, 0.1) is 7.11 Å². The van der Waals surface area contributed by atoms with Gasteiger partial charge >= 0.3 is 5.97 Å². The van der Waals surface area contributed by atoms with Gasteiger partial charge in [0.15, 0.2) is 0 Å². The third-order valence-corrected chi connectivity index (χ3v) is 3.58. The van der Waals surface area contributed by atoms with Crippen molar-refractivity contribution in [1.82, 2.24) is 5.32 Å². The predicted molar refractivity (Wildman–Crippen MR) is 62.6 cm³/mol. The van der Waals surface area contributed by atoms with E-state index in [1.807, 2.05) is 24.3 Å². The molecule has 1 aliphatic carbocycles. The molecule has 1 saturated carbocycles. The van der Waals surface area contributed by atoms with E-state index in [2.05, 4.69) is 5.32 Å². The molecule has 2 unspecified atom stereocenters. The lowest BCUT2D eigenvalue weighted by Gasteiger charge is -2.14. The summed E-state index contributed by atoms with van der Waals surface area (Å²) < 4.78 is 4.82. The highest BCUT2D eigenvalue weighted by atomic mass is 35.5. The van der Waals surface area contributed by atoms with E-state index < -0.39 is 5.54 Å². The molecule has 0 bridgehead atoms. The van der Waals surface area contributed by atoms with E-state index in [9.17, 15) is 4.79 Å². The highest BCUT2D eigenvalue weighted by Crippen LogP contribution is 2.53. The molecule has 0 aromatic heterocycles. The maximum Gasteiger partial charge on any atom is 0.326 e. The molecule has 1 fully saturated rings. The molecule has 86 valence electrons. The van der Waals surface area contributed by atoms with Gasteiger partial charge in [-0.2, -0.15) is 0 Å². The third kappa shape index (κ3) is 1.60. The van der Waals surface area contributed by atoms with Crippen LogP contribution in [0.15, 0.2) is 24.3 Å². The van der Waals surface area contributed by atoms with Crippen molar-refractivity contribution in [3.63, 3.8) is 0 Å². The van der Waals surface area contributed by atoms with Gasteiger partial charge in [0.25, 0.3) is 0 Å². The number of rotatable bonds is 3. The first-order chi connectivity index (χ1) is 7.65. The van der Waals surface area contributed by atoms with Crippen molar-refractivity contribution in [3.8, 4) is 0 Å². The van der Waals surface area contributed by atoms with Crippen LogP contribution in [0, 0.1) is 0 Å². The summed E-state index contributed by atoms with van der Waals surface area (Å²) in [5.41, 5.74) is 0.420. The molecular formula is C12H14ClNO2. The van der Waals surface area contributed by atoms with Crippen molar-refractivity contribution in [1.29, 1.82) is 0 Å². The van der Waals surface area contributed by atoms with Crippen LogP contribution >= 0.6 is 11.6 Å². The van der Waals surface area contributed by atoms with Crippen molar-refractivity contribution in [2.45, 2.75) is 17.9 Å². The molecule has 3 nitrogen and oxygen atoms in total. The summed E-state index contributed by atoms with van der Waals surface area (Å²) in [5.74, 6) is -0.112. The van der Waals surface area contributed by atoms with Crippen molar-refractivity contribution in [2.75, 3.05) is 14.2 Å². The molecular weight excluding hydrogens is 226 g/mol. The normalized spacial score (nSPS) is 27.6. The van der Waals surface area contributed by atoms with Gasteiger partial charge in [-0.1, -0.05) is 29.8 Å². The maximum atomic E-state index is 11.7. The van der Waals surface area contributed by atoms with Gasteiger partial charge in [-0.05, 0) is 25.1 Å². The Balaban J connectivity index is 2.28. The zero-order chi connectivity index (χ0) is 11.8. The molecule has 1 aliphatic rings. The van der Waals surface area contributed by atoms with Crippen LogP contribution < -0.4 is 5.32 Å². The lowest BCUT2D eigenvalue weighted by Crippen LogP contribution is -2.39. The molecule has 0 radical (unpaired) electrons. The number of hydrogen-bond donors (Lipinski definition) is 1. The van der Waals surface area contributed by atoms with Gasteiger partial charge in [0.1, 0.15) is 5.54 Å². The Morgan fingerprint density at radius 1 is 1.56 bits per heavy atom. The Labute approximate surface area is 99.7 Å². The van der Waals surface area contributed by atoms with Gasteiger partial charge in [0, 0.05) is 10.9 Å². The molecule has 0 spiro atoms. The van der Waals surface area contributed by atoms with E-state index in [1.54, 1.807) is 7.05 Å². The van der Waals surface area contributed by atoms with Gasteiger partial charge in [-0.25, -0.2) is 0 Å². The number of esters is 1. The van der Waals surface area contributed by atoms with Crippen LogP contribution in [0.3, 0.4) is 0 Å². The summed E-state index contributed by atoms with van der Waals surface area (Å²) >= 11 is 6.11. The average molecular weight is 240 g/mol. The number of benzene rings is 1. The minimum absolute atomic E-state index is 0.110. The second-order valence-electron chi connectivity index (χ2n) is 3.99. The molecule has 1 aromatic carbocycles. The quantitative estimate of drug-likeness (QED) is 0.820. The van der Waals surface area contributed by atoms with Gasteiger partial charge in [-0.15, -0.1) is 0 Å². The van der Waals surface area contributed by atoms with E-state index in [0.29, 0.717) is 5.02 Å². The highest BCUT2D eigenvalue weighted by molar-refractivity contribution is 6.31. The number of nitrogens with one attached hydrogen (secondary N) is 1. The monoisotopic (exact) mass is 239 g/mol. The fraction of sp³-hybridized carbons (Fsp3) is 0.417. The van der Waals surface area contributed by atoms with Crippen molar-refractivity contribution in [2.24, 2.45) is 0 Å². The molecule has 0 saturated heterocycles. The van der Waals surface area contributed by atoms with E-state index in [-0.39, 0.29) is 11.9 Å². The number of ether oxygens (including phenoxy) is 1. The van der Waals surface area contributed by atoms with Crippen LogP contribution in [0.1, 0.15) is 17.9 Å². The lowest BCUT2D eigenvalue weighted by atomic mass is 10.1. The number of likely N-dealkylation sites (N-methyl/N-ethyl adjacent to an activating group) is 1. The fourth-order valence-electron chi connectivity index (χ4n) is 2.18. The molecule has 2 rings (SSSR count). The maximum absolute atomic E-state index is 11.7. The first-order valence-electron chi connectivity index (χ1n) is 5.17. The van der Waals surface area contributed by atoms with Gasteiger partial charge < -0.3 is 10.1 Å². The minimum atomic E-state index is -0.584. The van der Waals surface area contributed by atoms with E-state index >= 15 is 0 Å². The topological polar surface area (TPSA) is 38.3 Å². The molecule has 0 amide bonds. The van der Waals surface area contributed by atoms with E-state index in [0.717, 1.165) is 12.0 Å². The van der Waals surface area contributed by atoms with Crippen molar-refractivity contribution in [3.05, 3.63) is 34.9 Å². The number of carbonyl (C=O) groups excluding carboxylic acids is 1. The van der Waals surface area contributed by atoms with Gasteiger partial charge in [0.2, 0.25) is 0 Å². The first-order valence-corrected chi connectivity index (χ1v) is 5.55. The number of halogens is 1. The fourth-order valence-corrected chi connectivity index (χ4v) is 2.45. The van der Waals surface area contributed by atoms with Crippen molar-refractivity contribution < 1.29 is 9.53 Å². The predicted octanol–water partition coefficient (Wildman–Crippen LogP) is 1.96. The Hall–Kier alpha value is -1.06. The summed E-state index contributed by atoms with van der Waals surface area (Å²) in [6.45, 7) is 0. The van der Waals surface area contributed by atoms with E-state index in [1.165, 1.54) is 7.11 Å². The zero-order valence-corrected chi connectivity index (χ0v) is 10.0. The SMILES string of the molecule is CNC1(C(=O)OC)CC1c1ccccc1Cl. The molecule has 0 heterocycles. The zero-order valence-electron chi connectivity index (χ0n) is 9.29. The number of methoxy groups -OCH3 is 1. The second kappa shape index (κ2) is 4.07. The standard InChI is InChI=1S/C12H14ClNO2/c1-14-12(11(15)16-2)7-9(12)8-5-3-4-6-10(8)13/h3-6,9,14H,7H2,1-2H3. The largest absolute Gasteiger partial charge is 0.468 e. The van der Waals surface area contributed by atoms with Crippen LogP contribution in [0.5, 0.6) is 0 Å². The summed E-state index contributed by atoms with van der Waals surface area (Å²) in [6.07, 6.45) is 0.736. The smallest absolute Gasteiger partial charge is 0.326 e. The summed E-state index contributed by atoms with van der Waals surface area (Å²) in [6, 6.07) is 7.60. The van der Waals surface area contributed by atoms with Crippen LogP contribution in [0.4, 0.5) is 0 Å². The van der Waals surface area contributed by atoms with Crippen LogP contribution in [0.2, 0.25) is 5.02 Å². The van der Waals surface area contributed by atoms with Crippen LogP contribution in [-0.2, 0) is 9.53 Å². The molecule has 0 aliphatic heterocycles. The summed E-state index contributed by atoms with van der Waals surface area (Å²) in [5, 5.41) is 3.75. The Kier molecular flexibility index (Phi) is 2.91. The second-order valence-corrected chi connectivity index (χ2v) is 4.40. The molecule has 1 aromatic rings. The highest BCUT2D eigenvalue weighted by Gasteiger charge is 2.61. The van der Waals surface area contributed by atoms with Crippen LogP contribution in [0.25, 0.3) is 0 Å². The Bertz CT molecular complexity index is 421. The molecule has 16 heavy (non-hydrogen) atoms. The Morgan fingerprint density at radius 3 is 2.81 bits per heavy atom. The molecule has 4 heteroatoms.